The van der Waals surface area contributed by atoms with Crippen LogP contribution in [0, 0.1) is 0 Å². The molecule has 1 heterocycles. The van der Waals surface area contributed by atoms with E-state index in [2.05, 4.69) is 10.1 Å². The first-order valence-corrected chi connectivity index (χ1v) is 8.85. The Labute approximate surface area is 129 Å². The van der Waals surface area contributed by atoms with Crippen molar-refractivity contribution in [2.45, 2.75) is 48.8 Å². The van der Waals surface area contributed by atoms with Gasteiger partial charge in [-0.1, -0.05) is 17.3 Å². The summed E-state index contributed by atoms with van der Waals surface area (Å²) in [6, 6.07) is 6.68. The third kappa shape index (κ3) is 2.34. The molecule has 0 atom stereocenters. The van der Waals surface area contributed by atoms with Gasteiger partial charge in [-0.05, 0) is 45.2 Å². The molecule has 1 aliphatic carbocycles. The van der Waals surface area contributed by atoms with Gasteiger partial charge in [-0.25, -0.2) is 8.42 Å². The van der Waals surface area contributed by atoms with Crippen LogP contribution in [0.15, 0.2) is 33.7 Å². The zero-order valence-corrected chi connectivity index (χ0v) is 13.4. The molecule has 118 valence electrons. The molecule has 0 saturated heterocycles. The number of hydrogen-bond acceptors (Lipinski definition) is 6. The average Bonchev–Trinajstić information content (AvgIpc) is 2.94. The van der Waals surface area contributed by atoms with Crippen LogP contribution < -0.4 is 5.73 Å². The first kappa shape index (κ1) is 15.2. The molecule has 1 fully saturated rings. The van der Waals surface area contributed by atoms with Crippen LogP contribution in [0.3, 0.4) is 0 Å². The van der Waals surface area contributed by atoms with Crippen LogP contribution in [0.2, 0.25) is 0 Å². The molecule has 1 saturated carbocycles. The second kappa shape index (κ2) is 5.17. The minimum absolute atomic E-state index is 0.201. The number of nitrogens with two attached hydrogens (primary N) is 1. The molecule has 6 nitrogen and oxygen atoms in total. The Hall–Kier alpha value is -1.73. The monoisotopic (exact) mass is 321 g/mol. The van der Waals surface area contributed by atoms with Crippen LogP contribution >= 0.6 is 0 Å². The van der Waals surface area contributed by atoms with Gasteiger partial charge in [0.25, 0.3) is 5.89 Å². The van der Waals surface area contributed by atoms with Crippen LogP contribution in [0.1, 0.15) is 38.9 Å². The summed E-state index contributed by atoms with van der Waals surface area (Å²) < 4.78 is 30.2. The van der Waals surface area contributed by atoms with Crippen molar-refractivity contribution in [3.05, 3.63) is 30.1 Å². The highest BCUT2D eigenvalue weighted by atomic mass is 32.2. The molecule has 0 unspecified atom stereocenters. The van der Waals surface area contributed by atoms with Crippen LogP contribution in [0.25, 0.3) is 11.5 Å². The third-order valence-corrected chi connectivity index (χ3v) is 6.37. The molecule has 0 aliphatic heterocycles. The van der Waals surface area contributed by atoms with E-state index >= 15 is 0 Å². The topological polar surface area (TPSA) is 99.1 Å². The normalized spacial score (nSPS) is 17.5. The van der Waals surface area contributed by atoms with E-state index in [0.717, 1.165) is 19.3 Å². The fourth-order valence-corrected chi connectivity index (χ4v) is 3.70. The number of rotatable bonds is 4. The van der Waals surface area contributed by atoms with E-state index in [4.69, 9.17) is 10.3 Å². The van der Waals surface area contributed by atoms with Gasteiger partial charge in [0.15, 0.2) is 15.7 Å². The summed E-state index contributed by atoms with van der Waals surface area (Å²) in [4.78, 5) is 4.55. The van der Waals surface area contributed by atoms with Crippen molar-refractivity contribution in [2.75, 3.05) is 0 Å². The SMILES string of the molecule is CC(C)S(=O)(=O)c1ccccc1-c1nc(C2(N)CCC2)no1. The zero-order valence-electron chi connectivity index (χ0n) is 12.6. The van der Waals surface area contributed by atoms with Crippen molar-refractivity contribution >= 4 is 9.84 Å². The highest BCUT2D eigenvalue weighted by Crippen LogP contribution is 2.38. The summed E-state index contributed by atoms with van der Waals surface area (Å²) in [7, 11) is -3.43. The predicted octanol–water partition coefficient (Wildman–Crippen LogP) is 2.26. The molecule has 1 aromatic carbocycles. The van der Waals surface area contributed by atoms with Crippen molar-refractivity contribution in [3.8, 4) is 11.5 Å². The minimum atomic E-state index is -3.43. The molecule has 22 heavy (non-hydrogen) atoms. The summed E-state index contributed by atoms with van der Waals surface area (Å²) >= 11 is 0. The van der Waals surface area contributed by atoms with E-state index in [1.54, 1.807) is 38.1 Å². The quantitative estimate of drug-likeness (QED) is 0.927. The second-order valence-electron chi connectivity index (χ2n) is 6.02. The molecule has 7 heteroatoms. The van der Waals surface area contributed by atoms with E-state index in [9.17, 15) is 8.42 Å². The maximum atomic E-state index is 12.5. The Kier molecular flexibility index (Phi) is 3.57. The summed E-state index contributed by atoms with van der Waals surface area (Å²) in [5.74, 6) is 0.650. The van der Waals surface area contributed by atoms with Gasteiger partial charge >= 0.3 is 0 Å². The molecule has 2 N–H and O–H groups in total. The van der Waals surface area contributed by atoms with Crippen molar-refractivity contribution in [1.29, 1.82) is 0 Å². The predicted molar refractivity (Wildman–Crippen MR) is 81.8 cm³/mol. The number of benzene rings is 1. The van der Waals surface area contributed by atoms with E-state index < -0.39 is 20.6 Å². The Morgan fingerprint density at radius 2 is 1.95 bits per heavy atom. The fourth-order valence-electron chi connectivity index (χ4n) is 2.46. The van der Waals surface area contributed by atoms with Gasteiger partial charge in [-0.3, -0.25) is 0 Å². The molecule has 0 spiro atoms. The molecule has 0 bridgehead atoms. The van der Waals surface area contributed by atoms with E-state index in [0.29, 0.717) is 11.4 Å². The number of sulfone groups is 1. The largest absolute Gasteiger partial charge is 0.334 e. The van der Waals surface area contributed by atoms with Crippen LogP contribution in [-0.4, -0.2) is 23.8 Å². The molecule has 3 rings (SSSR count). The molecule has 1 aromatic heterocycles. The Bertz CT molecular complexity index is 792. The van der Waals surface area contributed by atoms with Gasteiger partial charge in [0.05, 0.1) is 21.2 Å². The van der Waals surface area contributed by atoms with E-state index in [1.165, 1.54) is 0 Å². The molecule has 0 radical (unpaired) electrons. The van der Waals surface area contributed by atoms with Crippen LogP contribution in [0.5, 0.6) is 0 Å². The highest BCUT2D eigenvalue weighted by Gasteiger charge is 2.39. The van der Waals surface area contributed by atoms with Gasteiger partial charge in [0.2, 0.25) is 0 Å². The molecule has 1 aliphatic rings. The second-order valence-corrected chi connectivity index (χ2v) is 8.50. The number of hydrogen-bond donors (Lipinski definition) is 1. The molecule has 2 aromatic rings. The summed E-state index contributed by atoms with van der Waals surface area (Å²) in [5, 5.41) is 3.42. The smallest absolute Gasteiger partial charge is 0.259 e. The van der Waals surface area contributed by atoms with Gasteiger partial charge in [0, 0.05) is 0 Å². The van der Waals surface area contributed by atoms with Crippen molar-refractivity contribution < 1.29 is 12.9 Å². The van der Waals surface area contributed by atoms with E-state index in [-0.39, 0.29) is 10.8 Å². The first-order valence-electron chi connectivity index (χ1n) is 7.31. The van der Waals surface area contributed by atoms with Crippen LogP contribution in [0.4, 0.5) is 0 Å². The van der Waals surface area contributed by atoms with Gasteiger partial charge in [-0.15, -0.1) is 0 Å². The molecular formula is C15H19N3O3S. The summed E-state index contributed by atoms with van der Waals surface area (Å²) in [6.45, 7) is 3.29. The highest BCUT2D eigenvalue weighted by molar-refractivity contribution is 7.92. The van der Waals surface area contributed by atoms with Crippen molar-refractivity contribution in [2.24, 2.45) is 5.73 Å². The van der Waals surface area contributed by atoms with Gasteiger partial charge in [0.1, 0.15) is 0 Å². The maximum absolute atomic E-state index is 12.5. The minimum Gasteiger partial charge on any atom is -0.334 e. The first-order chi connectivity index (χ1) is 10.3. The van der Waals surface area contributed by atoms with E-state index in [1.807, 2.05) is 0 Å². The molecule has 0 amide bonds. The summed E-state index contributed by atoms with van der Waals surface area (Å²) in [6.07, 6.45) is 2.68. The average molecular weight is 321 g/mol. The molecular weight excluding hydrogens is 302 g/mol. The van der Waals surface area contributed by atoms with Gasteiger partial charge in [-0.2, -0.15) is 4.98 Å². The lowest BCUT2D eigenvalue weighted by atomic mass is 9.77. The van der Waals surface area contributed by atoms with Crippen molar-refractivity contribution in [1.82, 2.24) is 10.1 Å². The van der Waals surface area contributed by atoms with Gasteiger partial charge < -0.3 is 10.3 Å². The Morgan fingerprint density at radius 3 is 2.55 bits per heavy atom. The lowest BCUT2D eigenvalue weighted by Gasteiger charge is -2.34. The number of nitrogens with zero attached hydrogens (tertiary/aromatic N) is 2. The Balaban J connectivity index is 2.07. The summed E-state index contributed by atoms with van der Waals surface area (Å²) in [5.41, 5.74) is 6.08. The Morgan fingerprint density at radius 1 is 1.27 bits per heavy atom. The fraction of sp³-hybridized carbons (Fsp3) is 0.467. The number of aromatic nitrogens is 2. The maximum Gasteiger partial charge on any atom is 0.259 e. The zero-order chi connectivity index (χ0) is 16.0. The lowest BCUT2D eigenvalue weighted by molar-refractivity contribution is 0.229. The van der Waals surface area contributed by atoms with Crippen LogP contribution in [-0.2, 0) is 15.4 Å². The standard InChI is InChI=1S/C15H19N3O3S/c1-10(2)22(19,20)12-7-4-3-6-11(12)13-17-14(18-21-13)15(16)8-5-9-15/h3-4,6-7,10H,5,8-9,16H2,1-2H3. The lowest BCUT2D eigenvalue weighted by Crippen LogP contribution is -2.44. The van der Waals surface area contributed by atoms with Crippen molar-refractivity contribution in [3.63, 3.8) is 0 Å². The third-order valence-electron chi connectivity index (χ3n) is 4.16.